The van der Waals surface area contributed by atoms with Crippen LogP contribution in [-0.2, 0) is 10.0 Å². The molecule has 1 fully saturated rings. The molecule has 152 valence electrons. The van der Waals surface area contributed by atoms with Crippen LogP contribution < -0.4 is 14.9 Å². The number of rotatable bonds is 7. The summed E-state index contributed by atoms with van der Waals surface area (Å²) in [6, 6.07) is 6.76. The average Bonchev–Trinajstić information content (AvgIpc) is 2.67. The minimum atomic E-state index is -3.62. The first-order chi connectivity index (χ1) is 13.3. The number of halogens is 1. The first kappa shape index (κ1) is 20.8. The predicted molar refractivity (Wildman–Crippen MR) is 113 cm³/mol. The van der Waals surface area contributed by atoms with Gasteiger partial charge in [-0.05, 0) is 50.8 Å². The van der Waals surface area contributed by atoms with E-state index in [-0.39, 0.29) is 11.4 Å². The van der Waals surface area contributed by atoms with Crippen molar-refractivity contribution in [3.8, 4) is 0 Å². The lowest BCUT2D eigenvalue weighted by atomic mass is 10.1. The lowest BCUT2D eigenvalue weighted by Crippen LogP contribution is -2.31. The minimum Gasteiger partial charge on any atom is -0.369 e. The van der Waals surface area contributed by atoms with Gasteiger partial charge in [-0.3, -0.25) is 0 Å². The number of aryl methyl sites for hydroxylation is 2. The zero-order valence-electron chi connectivity index (χ0n) is 16.2. The van der Waals surface area contributed by atoms with Crippen LogP contribution in [0, 0.1) is 13.8 Å². The number of nitrogens with one attached hydrogen (secondary N) is 2. The van der Waals surface area contributed by atoms with E-state index in [0.717, 1.165) is 18.9 Å². The van der Waals surface area contributed by atoms with Crippen LogP contribution in [0.1, 0.15) is 30.7 Å². The molecule has 1 aromatic carbocycles. The van der Waals surface area contributed by atoms with Crippen LogP contribution in [-0.4, -0.2) is 44.6 Å². The Hall–Kier alpha value is -1.90. The highest BCUT2D eigenvalue weighted by atomic mass is 35.5. The van der Waals surface area contributed by atoms with Crippen molar-refractivity contribution in [3.63, 3.8) is 0 Å². The topological polar surface area (TPSA) is 87.2 Å². The summed E-state index contributed by atoms with van der Waals surface area (Å²) in [6.07, 6.45) is 3.62. The lowest BCUT2D eigenvalue weighted by molar-refractivity contribution is 0.572. The van der Waals surface area contributed by atoms with Gasteiger partial charge in [0, 0.05) is 37.3 Å². The first-order valence-electron chi connectivity index (χ1n) is 9.45. The van der Waals surface area contributed by atoms with Gasteiger partial charge in [-0.2, -0.15) is 0 Å². The third-order valence-corrected chi connectivity index (χ3v) is 6.51. The minimum absolute atomic E-state index is 0.199. The zero-order chi connectivity index (χ0) is 20.1. The number of sulfonamides is 1. The fourth-order valence-electron chi connectivity index (χ4n) is 3.24. The molecule has 7 nitrogen and oxygen atoms in total. The molecule has 2 heterocycles. The SMILES string of the molecule is Cc1nc(NCCNS(=O)(=O)c2cc(Cl)ccc2C)cc(N2CCCCC2)n1. The zero-order valence-corrected chi connectivity index (χ0v) is 17.8. The van der Waals surface area contributed by atoms with Gasteiger partial charge in [-0.1, -0.05) is 17.7 Å². The van der Waals surface area contributed by atoms with Crippen molar-refractivity contribution < 1.29 is 8.42 Å². The molecular weight excluding hydrogens is 398 g/mol. The normalized spacial score (nSPS) is 14.9. The summed E-state index contributed by atoms with van der Waals surface area (Å²) < 4.78 is 27.6. The molecule has 9 heteroatoms. The van der Waals surface area contributed by atoms with Crippen LogP contribution in [0.4, 0.5) is 11.6 Å². The van der Waals surface area contributed by atoms with E-state index in [0.29, 0.717) is 28.8 Å². The van der Waals surface area contributed by atoms with Crippen molar-refractivity contribution in [2.75, 3.05) is 36.4 Å². The molecule has 0 spiro atoms. The van der Waals surface area contributed by atoms with Gasteiger partial charge in [0.25, 0.3) is 0 Å². The molecule has 2 aromatic rings. The van der Waals surface area contributed by atoms with Crippen LogP contribution in [0.3, 0.4) is 0 Å². The summed E-state index contributed by atoms with van der Waals surface area (Å²) in [6.45, 7) is 6.27. The molecule has 28 heavy (non-hydrogen) atoms. The molecule has 0 amide bonds. The Bertz CT molecular complexity index is 930. The van der Waals surface area contributed by atoms with Crippen LogP contribution in [0.15, 0.2) is 29.2 Å². The van der Waals surface area contributed by atoms with E-state index in [1.807, 2.05) is 13.0 Å². The van der Waals surface area contributed by atoms with Crippen LogP contribution in [0.2, 0.25) is 5.02 Å². The maximum atomic E-state index is 12.5. The Labute approximate surface area is 171 Å². The van der Waals surface area contributed by atoms with E-state index in [4.69, 9.17) is 11.6 Å². The summed E-state index contributed by atoms with van der Waals surface area (Å²) in [5.41, 5.74) is 0.655. The molecule has 0 unspecified atom stereocenters. The standard InChI is InChI=1S/C19H26ClN5O2S/c1-14-6-7-16(20)12-17(14)28(26,27)22-9-8-21-18-13-19(24-15(2)23-18)25-10-4-3-5-11-25/h6-7,12-13,22H,3-5,8-11H2,1-2H3,(H,21,23,24). The van der Waals surface area contributed by atoms with E-state index in [1.54, 1.807) is 19.1 Å². The Kier molecular flexibility index (Phi) is 6.74. The fourth-order valence-corrected chi connectivity index (χ4v) is 4.78. The maximum Gasteiger partial charge on any atom is 0.240 e. The van der Waals surface area contributed by atoms with Crippen LogP contribution in [0.25, 0.3) is 0 Å². The second-order valence-corrected chi connectivity index (χ2v) is 9.11. The Morgan fingerprint density at radius 1 is 1.07 bits per heavy atom. The highest BCUT2D eigenvalue weighted by Crippen LogP contribution is 2.21. The molecule has 0 radical (unpaired) electrons. The van der Waals surface area contributed by atoms with Crippen molar-refractivity contribution in [1.82, 2.24) is 14.7 Å². The molecule has 1 aliphatic heterocycles. The van der Waals surface area contributed by atoms with Gasteiger partial charge in [0.1, 0.15) is 17.5 Å². The number of benzene rings is 1. The van der Waals surface area contributed by atoms with Gasteiger partial charge in [-0.25, -0.2) is 23.1 Å². The van der Waals surface area contributed by atoms with E-state index in [1.165, 1.54) is 25.3 Å². The van der Waals surface area contributed by atoms with Crippen molar-refractivity contribution in [3.05, 3.63) is 40.7 Å². The first-order valence-corrected chi connectivity index (χ1v) is 11.3. The van der Waals surface area contributed by atoms with E-state index in [2.05, 4.69) is 24.9 Å². The average molecular weight is 424 g/mol. The number of hydrogen-bond donors (Lipinski definition) is 2. The highest BCUT2D eigenvalue weighted by molar-refractivity contribution is 7.89. The highest BCUT2D eigenvalue weighted by Gasteiger charge is 2.17. The van der Waals surface area contributed by atoms with Crippen LogP contribution >= 0.6 is 11.6 Å². The smallest absolute Gasteiger partial charge is 0.240 e. The summed E-state index contributed by atoms with van der Waals surface area (Å²) >= 11 is 5.94. The third-order valence-electron chi connectivity index (χ3n) is 4.67. The lowest BCUT2D eigenvalue weighted by Gasteiger charge is -2.28. The van der Waals surface area contributed by atoms with Crippen molar-refractivity contribution in [2.45, 2.75) is 38.0 Å². The van der Waals surface area contributed by atoms with Crippen molar-refractivity contribution in [2.24, 2.45) is 0 Å². The molecule has 2 N–H and O–H groups in total. The molecule has 3 rings (SSSR count). The number of nitrogens with zero attached hydrogens (tertiary/aromatic N) is 3. The number of anilines is 2. The second-order valence-electron chi connectivity index (χ2n) is 6.94. The van der Waals surface area contributed by atoms with Gasteiger partial charge < -0.3 is 10.2 Å². The predicted octanol–water partition coefficient (Wildman–Crippen LogP) is 3.13. The molecule has 0 bridgehead atoms. The van der Waals surface area contributed by atoms with Crippen molar-refractivity contribution >= 4 is 33.3 Å². The Morgan fingerprint density at radius 2 is 1.82 bits per heavy atom. The van der Waals surface area contributed by atoms with Gasteiger partial charge in [0.2, 0.25) is 10.0 Å². The summed E-state index contributed by atoms with van der Waals surface area (Å²) in [5.74, 6) is 2.32. The molecule has 1 saturated heterocycles. The van der Waals surface area contributed by atoms with E-state index >= 15 is 0 Å². The second kappa shape index (κ2) is 9.07. The quantitative estimate of drug-likeness (QED) is 0.665. The van der Waals surface area contributed by atoms with Gasteiger partial charge in [-0.15, -0.1) is 0 Å². The molecule has 0 saturated carbocycles. The van der Waals surface area contributed by atoms with E-state index < -0.39 is 10.0 Å². The Balaban J connectivity index is 1.59. The summed E-state index contributed by atoms with van der Waals surface area (Å²) in [5, 5.41) is 3.58. The molecule has 1 aromatic heterocycles. The molecule has 0 atom stereocenters. The molecular formula is C19H26ClN5O2S. The maximum absolute atomic E-state index is 12.5. The van der Waals surface area contributed by atoms with Crippen LogP contribution in [0.5, 0.6) is 0 Å². The van der Waals surface area contributed by atoms with E-state index in [9.17, 15) is 8.42 Å². The van der Waals surface area contributed by atoms with Gasteiger partial charge >= 0.3 is 0 Å². The largest absolute Gasteiger partial charge is 0.369 e. The molecule has 1 aliphatic rings. The summed E-state index contributed by atoms with van der Waals surface area (Å²) in [7, 11) is -3.62. The Morgan fingerprint density at radius 3 is 2.57 bits per heavy atom. The van der Waals surface area contributed by atoms with Gasteiger partial charge in [0.15, 0.2) is 0 Å². The third kappa shape index (κ3) is 5.33. The number of piperidine rings is 1. The fraction of sp³-hybridized carbons (Fsp3) is 0.474. The van der Waals surface area contributed by atoms with Gasteiger partial charge in [0.05, 0.1) is 4.90 Å². The number of aromatic nitrogens is 2. The monoisotopic (exact) mass is 423 g/mol. The van der Waals surface area contributed by atoms with Crippen molar-refractivity contribution in [1.29, 1.82) is 0 Å². The number of hydrogen-bond acceptors (Lipinski definition) is 6. The summed E-state index contributed by atoms with van der Waals surface area (Å²) in [4.78, 5) is 11.4. The molecule has 0 aliphatic carbocycles.